The molecule has 1 saturated heterocycles. The molecule has 0 radical (unpaired) electrons. The van der Waals surface area contributed by atoms with Crippen molar-refractivity contribution in [2.24, 2.45) is 78.4 Å². The summed E-state index contributed by atoms with van der Waals surface area (Å²) in [6.07, 6.45) is 18.6. The van der Waals surface area contributed by atoms with Crippen LogP contribution in [-0.4, -0.2) is 52.8 Å². The number of carbonyl (C=O) groups is 3. The van der Waals surface area contributed by atoms with Crippen molar-refractivity contribution in [1.29, 1.82) is 0 Å². The zero-order chi connectivity index (χ0) is 42.0. The van der Waals surface area contributed by atoms with Gasteiger partial charge in [-0.25, -0.2) is 0 Å². The van der Waals surface area contributed by atoms with Gasteiger partial charge in [-0.1, -0.05) is 71.9 Å². The molecule has 0 spiro atoms. The molecule has 1 aromatic carbocycles. The SMILES string of the molecule is CC(C)(CC(=O)O[C@H]1CC[C@]2(C)[C@H]3CC[C@@H]4[C@H]5[C@H](C6(C)CC6)CC[C@]5(C(=O)N5CCC(C6=NC=C(c7ccccc7)C6)CC5)CC[C@@]4(C)[C@]3(C)CC[C@H]2C1(C)C)C(=O)O. The second kappa shape index (κ2) is 14.0. The molecule has 7 fully saturated rings. The van der Waals surface area contributed by atoms with E-state index >= 15 is 4.79 Å². The van der Waals surface area contributed by atoms with E-state index in [9.17, 15) is 14.7 Å². The number of allylic oxidation sites excluding steroid dienone is 1. The van der Waals surface area contributed by atoms with Crippen LogP contribution in [-0.2, 0) is 19.1 Å². The van der Waals surface area contributed by atoms with Crippen LogP contribution >= 0.6 is 0 Å². The Labute approximate surface area is 355 Å². The predicted octanol–water partition coefficient (Wildman–Crippen LogP) is 11.4. The summed E-state index contributed by atoms with van der Waals surface area (Å²) >= 11 is 0. The molecular weight excluding hydrogens is 733 g/mol. The molecule has 7 nitrogen and oxygen atoms in total. The molecule has 2 heterocycles. The largest absolute Gasteiger partial charge is 0.481 e. The number of aliphatic imine (C=N–C) groups is 1. The van der Waals surface area contributed by atoms with Gasteiger partial charge in [0, 0.05) is 42.8 Å². The zero-order valence-corrected chi connectivity index (χ0v) is 37.7. The summed E-state index contributed by atoms with van der Waals surface area (Å²) < 4.78 is 6.24. The second-order valence-electron chi connectivity index (χ2n) is 23.7. The molecule has 6 saturated carbocycles. The number of hydrogen-bond donors (Lipinski definition) is 1. The Balaban J connectivity index is 0.925. The molecule has 322 valence electrons. The molecule has 0 bridgehead atoms. The van der Waals surface area contributed by atoms with Gasteiger partial charge in [-0.05, 0) is 166 Å². The number of fused-ring (bicyclic) bond motifs is 7. The summed E-state index contributed by atoms with van der Waals surface area (Å²) in [5, 5.41) is 9.68. The minimum absolute atomic E-state index is 0.107. The van der Waals surface area contributed by atoms with E-state index in [0.29, 0.717) is 46.8 Å². The standard InChI is InChI=1S/C52H74N2O5/c1-46(2,45(57)58)31-42(55)59-41-18-21-49(6)39(47(41,3)4)17-22-51(8)40(49)15-14-37-43-36(48(5)24-25-48)16-23-52(43,27-26-50(37,51)7)44(56)54-28-19-34(20-29-54)38-30-35(32-53-38)33-12-10-9-11-13-33/h9-13,32,34,36-37,39-41,43H,14-31H2,1-8H3,(H,57,58)/t36-,37-,39+,40-,41+,43-,49+,50-,51-,52+/m1/s1. The van der Waals surface area contributed by atoms with Gasteiger partial charge in [-0.15, -0.1) is 0 Å². The summed E-state index contributed by atoms with van der Waals surface area (Å²) in [5.41, 5.74) is 3.24. The molecule has 0 unspecified atom stereocenters. The maximum absolute atomic E-state index is 15.4. The summed E-state index contributed by atoms with van der Waals surface area (Å²) in [7, 11) is 0. The number of carboxylic acid groups (broad SMARTS) is 1. The van der Waals surface area contributed by atoms with E-state index in [2.05, 4.69) is 83.0 Å². The molecule has 1 aromatic rings. The number of aliphatic carboxylic acids is 1. The number of esters is 1. The fourth-order valence-corrected chi connectivity index (χ4v) is 16.4. The van der Waals surface area contributed by atoms with Crippen LogP contribution in [0.4, 0.5) is 0 Å². The van der Waals surface area contributed by atoms with Crippen molar-refractivity contribution in [3.8, 4) is 0 Å². The molecular formula is C52H74N2O5. The van der Waals surface area contributed by atoms with Crippen molar-refractivity contribution < 1.29 is 24.2 Å². The molecule has 10 atom stereocenters. The molecule has 8 aliphatic rings. The number of amides is 1. The summed E-state index contributed by atoms with van der Waals surface area (Å²) in [5.74, 6) is 2.33. The number of nitrogens with zero attached hydrogens (tertiary/aromatic N) is 2. The summed E-state index contributed by atoms with van der Waals surface area (Å²) in [4.78, 5) is 47.7. The summed E-state index contributed by atoms with van der Waals surface area (Å²) in [6, 6.07) is 10.7. The Hall–Kier alpha value is -2.96. The number of piperidine rings is 1. The van der Waals surface area contributed by atoms with Crippen molar-refractivity contribution in [2.45, 2.75) is 164 Å². The Bertz CT molecular complexity index is 1920. The predicted molar refractivity (Wildman–Crippen MR) is 233 cm³/mol. The van der Waals surface area contributed by atoms with Gasteiger partial charge in [0.05, 0.1) is 17.3 Å². The van der Waals surface area contributed by atoms with Crippen molar-refractivity contribution in [1.82, 2.24) is 4.90 Å². The Morgan fingerprint density at radius 3 is 2.17 bits per heavy atom. The lowest BCUT2D eigenvalue weighted by Gasteiger charge is -2.73. The Kier molecular flexibility index (Phi) is 9.84. The minimum atomic E-state index is -1.14. The van der Waals surface area contributed by atoms with Crippen LogP contribution in [0.1, 0.15) is 164 Å². The fourth-order valence-electron chi connectivity index (χ4n) is 16.4. The third-order valence-corrected chi connectivity index (χ3v) is 20.3. The average molecular weight is 807 g/mol. The quantitative estimate of drug-likeness (QED) is 0.264. The highest BCUT2D eigenvalue weighted by Crippen LogP contribution is 2.79. The van der Waals surface area contributed by atoms with Gasteiger partial charge in [0.25, 0.3) is 0 Å². The third kappa shape index (κ3) is 6.28. The molecule has 9 rings (SSSR count). The number of ether oxygens (including phenoxy) is 1. The first-order valence-corrected chi connectivity index (χ1v) is 23.8. The number of carbonyl (C=O) groups excluding carboxylic acids is 2. The van der Waals surface area contributed by atoms with Crippen LogP contribution in [0.3, 0.4) is 0 Å². The van der Waals surface area contributed by atoms with Crippen LogP contribution in [0.25, 0.3) is 5.57 Å². The topological polar surface area (TPSA) is 96.3 Å². The van der Waals surface area contributed by atoms with Gasteiger partial charge >= 0.3 is 11.9 Å². The number of hydrogen-bond acceptors (Lipinski definition) is 5. The highest BCUT2D eigenvalue weighted by atomic mass is 16.5. The zero-order valence-electron chi connectivity index (χ0n) is 37.7. The molecule has 7 heteroatoms. The highest BCUT2D eigenvalue weighted by Gasteiger charge is 2.74. The van der Waals surface area contributed by atoms with Gasteiger partial charge in [0.15, 0.2) is 0 Å². The van der Waals surface area contributed by atoms with Gasteiger partial charge < -0.3 is 14.7 Å². The van der Waals surface area contributed by atoms with Crippen molar-refractivity contribution in [3.05, 3.63) is 42.1 Å². The van der Waals surface area contributed by atoms with Crippen molar-refractivity contribution >= 4 is 29.1 Å². The smallest absolute Gasteiger partial charge is 0.309 e. The number of rotatable bonds is 8. The molecule has 1 amide bonds. The van der Waals surface area contributed by atoms with Gasteiger partial charge in [-0.2, -0.15) is 0 Å². The van der Waals surface area contributed by atoms with E-state index in [-0.39, 0.29) is 45.6 Å². The third-order valence-electron chi connectivity index (χ3n) is 20.3. The lowest BCUT2D eigenvalue weighted by Crippen LogP contribution is -2.67. The fraction of sp³-hybridized carbons (Fsp3) is 0.769. The Morgan fingerprint density at radius 1 is 0.780 bits per heavy atom. The monoisotopic (exact) mass is 807 g/mol. The number of likely N-dealkylation sites (tertiary alicyclic amines) is 1. The normalized spacial score (nSPS) is 41.1. The van der Waals surface area contributed by atoms with E-state index in [1.165, 1.54) is 55.4 Å². The van der Waals surface area contributed by atoms with Gasteiger partial charge in [0.1, 0.15) is 6.10 Å². The van der Waals surface area contributed by atoms with E-state index in [1.807, 2.05) is 0 Å². The average Bonchev–Trinajstić information content (AvgIpc) is 3.56. The van der Waals surface area contributed by atoms with Gasteiger partial charge in [0.2, 0.25) is 5.91 Å². The maximum atomic E-state index is 15.4. The van der Waals surface area contributed by atoms with Crippen molar-refractivity contribution in [3.63, 3.8) is 0 Å². The molecule has 0 aromatic heterocycles. The molecule has 2 aliphatic heterocycles. The molecule has 59 heavy (non-hydrogen) atoms. The first-order valence-electron chi connectivity index (χ1n) is 23.8. The molecule has 1 N–H and O–H groups in total. The van der Waals surface area contributed by atoms with Crippen molar-refractivity contribution in [2.75, 3.05) is 13.1 Å². The first kappa shape index (κ1) is 41.4. The van der Waals surface area contributed by atoms with Gasteiger partial charge in [-0.3, -0.25) is 19.4 Å². The van der Waals surface area contributed by atoms with E-state index < -0.39 is 11.4 Å². The molecule has 6 aliphatic carbocycles. The van der Waals surface area contributed by atoms with Crippen LogP contribution in [0, 0.1) is 73.4 Å². The second-order valence-corrected chi connectivity index (χ2v) is 23.7. The van der Waals surface area contributed by atoms with E-state index in [4.69, 9.17) is 9.73 Å². The van der Waals surface area contributed by atoms with Crippen LogP contribution in [0.2, 0.25) is 0 Å². The number of benzene rings is 1. The number of carboxylic acids is 1. The minimum Gasteiger partial charge on any atom is -0.481 e. The Morgan fingerprint density at radius 2 is 1.49 bits per heavy atom. The van der Waals surface area contributed by atoms with Crippen LogP contribution in [0.15, 0.2) is 41.5 Å². The van der Waals surface area contributed by atoms with Crippen LogP contribution < -0.4 is 0 Å². The maximum Gasteiger partial charge on any atom is 0.309 e. The first-order chi connectivity index (χ1) is 27.8. The lowest BCUT2D eigenvalue weighted by atomic mass is 9.32. The van der Waals surface area contributed by atoms with Crippen LogP contribution in [0.5, 0.6) is 0 Å². The lowest BCUT2D eigenvalue weighted by molar-refractivity contribution is -0.251. The van der Waals surface area contributed by atoms with E-state index in [0.717, 1.165) is 70.9 Å². The van der Waals surface area contributed by atoms with E-state index in [1.54, 1.807) is 13.8 Å². The summed E-state index contributed by atoms with van der Waals surface area (Å²) in [6.45, 7) is 20.1. The highest BCUT2D eigenvalue weighted by molar-refractivity contribution is 5.99.